The van der Waals surface area contributed by atoms with Crippen LogP contribution in [0.25, 0.3) is 0 Å². The zero-order chi connectivity index (χ0) is 14.5. The molecule has 1 aromatic carbocycles. The van der Waals surface area contributed by atoms with Crippen LogP contribution in [0.3, 0.4) is 0 Å². The lowest BCUT2D eigenvalue weighted by atomic mass is 10.1. The molecule has 1 heterocycles. The lowest BCUT2D eigenvalue weighted by molar-refractivity contribution is 0.199. The van der Waals surface area contributed by atoms with Gasteiger partial charge in [-0.05, 0) is 44.0 Å². The Bertz CT molecular complexity index is 563. The van der Waals surface area contributed by atoms with Gasteiger partial charge < -0.3 is 5.11 Å². The van der Waals surface area contributed by atoms with E-state index in [0.717, 1.165) is 30.0 Å². The molecule has 2 rings (SSSR count). The van der Waals surface area contributed by atoms with Gasteiger partial charge in [-0.1, -0.05) is 19.1 Å². The summed E-state index contributed by atoms with van der Waals surface area (Å²) in [4.78, 5) is 1.19. The molecule has 1 atom stereocenters. The average Bonchev–Trinajstić information content (AvgIpc) is 2.88. The van der Waals surface area contributed by atoms with Crippen LogP contribution in [-0.2, 0) is 18.7 Å². The van der Waals surface area contributed by atoms with Crippen LogP contribution < -0.4 is 0 Å². The fraction of sp³-hybridized carbons (Fsp3) is 0.438. The number of nitrogens with zero attached hydrogens (tertiary/aromatic N) is 2. The molecule has 0 saturated carbocycles. The summed E-state index contributed by atoms with van der Waals surface area (Å²) in [6.45, 7) is 6.95. The second-order valence-corrected chi connectivity index (χ2v) is 5.88. The lowest BCUT2D eigenvalue weighted by Gasteiger charge is -2.08. The standard InChI is InChI=1S/C16H22N2OS/c1-4-14-10-15(18(5-2)17-14)11-20-16-8-6-7-13(9-16)12(3)19/h6-10,12,19H,4-5,11H2,1-3H3. The zero-order valence-electron chi connectivity index (χ0n) is 12.3. The minimum Gasteiger partial charge on any atom is -0.389 e. The zero-order valence-corrected chi connectivity index (χ0v) is 13.2. The predicted octanol–water partition coefficient (Wildman–Crippen LogP) is 3.81. The summed E-state index contributed by atoms with van der Waals surface area (Å²) in [7, 11) is 0. The van der Waals surface area contributed by atoms with Gasteiger partial charge in [0.15, 0.2) is 0 Å². The summed E-state index contributed by atoms with van der Waals surface area (Å²) in [6.07, 6.45) is 0.561. The Labute approximate surface area is 125 Å². The minimum absolute atomic E-state index is 0.414. The van der Waals surface area contributed by atoms with Crippen LogP contribution in [0, 0.1) is 0 Å². The van der Waals surface area contributed by atoms with Gasteiger partial charge >= 0.3 is 0 Å². The number of aryl methyl sites for hydroxylation is 2. The number of benzene rings is 1. The second kappa shape index (κ2) is 6.95. The third kappa shape index (κ3) is 3.64. The Balaban J connectivity index is 2.08. The third-order valence-electron chi connectivity index (χ3n) is 3.30. The molecule has 0 fully saturated rings. The lowest BCUT2D eigenvalue weighted by Crippen LogP contribution is -2.01. The van der Waals surface area contributed by atoms with Crippen molar-refractivity contribution in [2.75, 3.05) is 0 Å². The topological polar surface area (TPSA) is 38.0 Å². The van der Waals surface area contributed by atoms with Crippen LogP contribution in [-0.4, -0.2) is 14.9 Å². The van der Waals surface area contributed by atoms with Gasteiger partial charge in [0.2, 0.25) is 0 Å². The van der Waals surface area contributed by atoms with Gasteiger partial charge in [-0.25, -0.2) is 0 Å². The van der Waals surface area contributed by atoms with Gasteiger partial charge in [-0.15, -0.1) is 11.8 Å². The Hall–Kier alpha value is -1.26. The highest BCUT2D eigenvalue weighted by Gasteiger charge is 2.07. The maximum Gasteiger partial charge on any atom is 0.0762 e. The highest BCUT2D eigenvalue weighted by molar-refractivity contribution is 7.98. The van der Waals surface area contributed by atoms with E-state index < -0.39 is 6.10 Å². The summed E-state index contributed by atoms with van der Waals surface area (Å²) in [5, 5.41) is 14.2. The molecule has 0 aliphatic heterocycles. The van der Waals surface area contributed by atoms with Gasteiger partial charge in [0, 0.05) is 22.9 Å². The van der Waals surface area contributed by atoms with Crippen molar-refractivity contribution in [3.63, 3.8) is 0 Å². The molecule has 0 saturated heterocycles. The van der Waals surface area contributed by atoms with Gasteiger partial charge in [-0.3, -0.25) is 4.68 Å². The van der Waals surface area contributed by atoms with Gasteiger partial charge in [-0.2, -0.15) is 5.10 Å². The van der Waals surface area contributed by atoms with Crippen LogP contribution in [0.2, 0.25) is 0 Å². The van der Waals surface area contributed by atoms with Crippen LogP contribution in [0.4, 0.5) is 0 Å². The van der Waals surface area contributed by atoms with Crippen molar-refractivity contribution in [3.05, 3.63) is 47.3 Å². The maximum absolute atomic E-state index is 9.63. The molecule has 0 spiro atoms. The molecule has 0 aliphatic carbocycles. The number of aliphatic hydroxyl groups is 1. The SMILES string of the molecule is CCc1cc(CSc2cccc(C(C)O)c2)n(CC)n1. The molecule has 0 amide bonds. The van der Waals surface area contributed by atoms with Crippen LogP contribution >= 0.6 is 11.8 Å². The molecule has 108 valence electrons. The van der Waals surface area contributed by atoms with E-state index >= 15 is 0 Å². The Morgan fingerprint density at radius 1 is 1.30 bits per heavy atom. The molecule has 20 heavy (non-hydrogen) atoms. The predicted molar refractivity (Wildman–Crippen MR) is 83.9 cm³/mol. The average molecular weight is 290 g/mol. The molecule has 0 radical (unpaired) electrons. The minimum atomic E-state index is -0.414. The first-order valence-corrected chi connectivity index (χ1v) is 8.09. The number of aromatic nitrogens is 2. The van der Waals surface area contributed by atoms with E-state index in [0.29, 0.717) is 0 Å². The molecular formula is C16H22N2OS. The molecule has 1 aromatic heterocycles. The Morgan fingerprint density at radius 3 is 2.75 bits per heavy atom. The maximum atomic E-state index is 9.63. The van der Waals surface area contributed by atoms with Crippen molar-refractivity contribution < 1.29 is 5.11 Å². The number of hydrogen-bond acceptors (Lipinski definition) is 3. The summed E-state index contributed by atoms with van der Waals surface area (Å²) in [6, 6.07) is 10.3. The summed E-state index contributed by atoms with van der Waals surface area (Å²) in [5.41, 5.74) is 3.38. The quantitative estimate of drug-likeness (QED) is 0.822. The third-order valence-corrected chi connectivity index (χ3v) is 4.33. The highest BCUT2D eigenvalue weighted by atomic mass is 32.2. The molecule has 0 aliphatic rings. The summed E-state index contributed by atoms with van der Waals surface area (Å²) < 4.78 is 2.07. The Kier molecular flexibility index (Phi) is 5.26. The summed E-state index contributed by atoms with van der Waals surface area (Å²) in [5.74, 6) is 0.907. The van der Waals surface area contributed by atoms with E-state index in [4.69, 9.17) is 0 Å². The number of rotatable bonds is 6. The molecule has 3 nitrogen and oxygen atoms in total. The molecule has 0 bridgehead atoms. The van der Waals surface area contributed by atoms with E-state index in [-0.39, 0.29) is 0 Å². The first-order valence-electron chi connectivity index (χ1n) is 7.10. The van der Waals surface area contributed by atoms with E-state index in [1.54, 1.807) is 18.7 Å². The molecule has 1 unspecified atom stereocenters. The Morgan fingerprint density at radius 2 is 2.10 bits per heavy atom. The van der Waals surface area contributed by atoms with Crippen LogP contribution in [0.1, 0.15) is 43.8 Å². The van der Waals surface area contributed by atoms with Crippen molar-refractivity contribution in [2.24, 2.45) is 0 Å². The second-order valence-electron chi connectivity index (χ2n) is 4.83. The van der Waals surface area contributed by atoms with Crippen molar-refractivity contribution in [3.8, 4) is 0 Å². The van der Waals surface area contributed by atoms with Gasteiger partial charge in [0.25, 0.3) is 0 Å². The van der Waals surface area contributed by atoms with Crippen molar-refractivity contribution >= 4 is 11.8 Å². The number of thioether (sulfide) groups is 1. The number of aliphatic hydroxyl groups excluding tert-OH is 1. The molecule has 1 N–H and O–H groups in total. The van der Waals surface area contributed by atoms with E-state index in [2.05, 4.69) is 41.8 Å². The fourth-order valence-electron chi connectivity index (χ4n) is 2.10. The molecule has 4 heteroatoms. The molecule has 2 aromatic rings. The van der Waals surface area contributed by atoms with E-state index in [1.165, 1.54) is 10.6 Å². The highest BCUT2D eigenvalue weighted by Crippen LogP contribution is 2.26. The first-order chi connectivity index (χ1) is 9.63. The van der Waals surface area contributed by atoms with Crippen LogP contribution in [0.5, 0.6) is 0 Å². The normalized spacial score (nSPS) is 12.6. The largest absolute Gasteiger partial charge is 0.389 e. The fourth-order valence-corrected chi connectivity index (χ4v) is 3.04. The first kappa shape index (κ1) is 15.1. The van der Waals surface area contributed by atoms with Crippen LogP contribution in [0.15, 0.2) is 35.2 Å². The van der Waals surface area contributed by atoms with E-state index in [9.17, 15) is 5.11 Å². The molecular weight excluding hydrogens is 268 g/mol. The summed E-state index contributed by atoms with van der Waals surface area (Å²) >= 11 is 1.79. The van der Waals surface area contributed by atoms with Crippen molar-refractivity contribution in [1.82, 2.24) is 9.78 Å². The van der Waals surface area contributed by atoms with Gasteiger partial charge in [0.1, 0.15) is 0 Å². The van der Waals surface area contributed by atoms with E-state index in [1.807, 2.05) is 12.1 Å². The van der Waals surface area contributed by atoms with Crippen molar-refractivity contribution in [1.29, 1.82) is 0 Å². The number of hydrogen-bond donors (Lipinski definition) is 1. The van der Waals surface area contributed by atoms with Crippen molar-refractivity contribution in [2.45, 2.75) is 50.5 Å². The van der Waals surface area contributed by atoms with Gasteiger partial charge in [0.05, 0.1) is 11.8 Å². The monoisotopic (exact) mass is 290 g/mol. The smallest absolute Gasteiger partial charge is 0.0762 e.